The Balaban J connectivity index is 2.08. The lowest BCUT2D eigenvalue weighted by Gasteiger charge is -2.26. The Hall–Kier alpha value is -1.53. The predicted molar refractivity (Wildman–Crippen MR) is 63.6 cm³/mol. The number of ether oxygens (including phenoxy) is 1. The smallest absolute Gasteiger partial charge is 0.310 e. The lowest BCUT2D eigenvalue weighted by molar-refractivity contribution is -0.143. The Kier molecular flexibility index (Phi) is 4.11. The van der Waals surface area contributed by atoms with Gasteiger partial charge in [0.1, 0.15) is 11.6 Å². The van der Waals surface area contributed by atoms with Gasteiger partial charge in [-0.05, 0) is 13.1 Å². The molecule has 0 amide bonds. The summed E-state index contributed by atoms with van der Waals surface area (Å²) in [7, 11) is 1.71. The number of benzene rings is 1. The van der Waals surface area contributed by atoms with Crippen LogP contribution in [0.25, 0.3) is 0 Å². The van der Waals surface area contributed by atoms with Crippen molar-refractivity contribution >= 4 is 5.97 Å². The molecule has 2 atom stereocenters. The number of carboxylic acids is 1. The highest BCUT2D eigenvalue weighted by molar-refractivity contribution is 5.71. The summed E-state index contributed by atoms with van der Waals surface area (Å²) in [6.07, 6.45) is 0. The van der Waals surface area contributed by atoms with Crippen LogP contribution in [0.2, 0.25) is 0 Å². The molecule has 2 unspecified atom stereocenters. The summed E-state index contributed by atoms with van der Waals surface area (Å²) >= 11 is 0. The monoisotopic (exact) mass is 271 g/mol. The van der Waals surface area contributed by atoms with Crippen LogP contribution in [0.3, 0.4) is 0 Å². The van der Waals surface area contributed by atoms with Crippen LogP contribution < -0.4 is 0 Å². The average molecular weight is 271 g/mol. The quantitative estimate of drug-likeness (QED) is 0.901. The Labute approximate surface area is 109 Å². The molecule has 19 heavy (non-hydrogen) atoms. The van der Waals surface area contributed by atoms with Crippen molar-refractivity contribution in [2.45, 2.75) is 12.6 Å². The van der Waals surface area contributed by atoms with E-state index < -0.39 is 23.5 Å². The zero-order valence-corrected chi connectivity index (χ0v) is 10.5. The van der Waals surface area contributed by atoms with Crippen LogP contribution in [0.4, 0.5) is 8.78 Å². The first kappa shape index (κ1) is 13.9. The van der Waals surface area contributed by atoms with E-state index in [-0.39, 0.29) is 19.2 Å². The van der Waals surface area contributed by atoms with Crippen LogP contribution in [-0.4, -0.2) is 42.3 Å². The second-order valence-electron chi connectivity index (χ2n) is 4.70. The molecular weight excluding hydrogens is 256 g/mol. The van der Waals surface area contributed by atoms with Gasteiger partial charge in [-0.1, -0.05) is 6.07 Å². The molecule has 104 valence electrons. The molecule has 2 rings (SSSR count). The maximum Gasteiger partial charge on any atom is 0.310 e. The van der Waals surface area contributed by atoms with E-state index in [9.17, 15) is 13.6 Å². The number of carboxylic acid groups (broad SMARTS) is 1. The van der Waals surface area contributed by atoms with Gasteiger partial charge >= 0.3 is 5.97 Å². The fourth-order valence-corrected chi connectivity index (χ4v) is 2.25. The number of rotatable bonds is 4. The Bertz CT molecular complexity index is 481. The van der Waals surface area contributed by atoms with Crippen molar-refractivity contribution in [1.82, 2.24) is 4.90 Å². The van der Waals surface area contributed by atoms with Crippen molar-refractivity contribution in [3.8, 4) is 0 Å². The summed E-state index contributed by atoms with van der Waals surface area (Å²) in [6, 6.07) is 3.07. The van der Waals surface area contributed by atoms with E-state index in [1.54, 1.807) is 11.9 Å². The summed E-state index contributed by atoms with van der Waals surface area (Å²) in [6.45, 7) is 0.677. The number of hydrogen-bond donors (Lipinski definition) is 1. The minimum Gasteiger partial charge on any atom is -0.481 e. The molecule has 1 aliphatic heterocycles. The second kappa shape index (κ2) is 5.63. The highest BCUT2D eigenvalue weighted by Crippen LogP contribution is 2.21. The third kappa shape index (κ3) is 3.08. The topological polar surface area (TPSA) is 49.8 Å². The molecule has 1 aromatic carbocycles. The van der Waals surface area contributed by atoms with E-state index >= 15 is 0 Å². The lowest BCUT2D eigenvalue weighted by Crippen LogP contribution is -2.40. The highest BCUT2D eigenvalue weighted by Gasteiger charge is 2.36. The maximum atomic E-state index is 13.5. The van der Waals surface area contributed by atoms with Crippen LogP contribution >= 0.6 is 0 Å². The fourth-order valence-electron chi connectivity index (χ4n) is 2.25. The minimum atomic E-state index is -0.922. The summed E-state index contributed by atoms with van der Waals surface area (Å²) < 4.78 is 31.5. The molecule has 1 aromatic rings. The zero-order valence-electron chi connectivity index (χ0n) is 10.5. The van der Waals surface area contributed by atoms with Crippen molar-refractivity contribution in [2.24, 2.45) is 5.92 Å². The number of nitrogens with zero attached hydrogens (tertiary/aromatic N) is 1. The molecule has 0 spiro atoms. The molecule has 1 heterocycles. The molecular formula is C13H15F2NO3. The number of carbonyl (C=O) groups is 1. The van der Waals surface area contributed by atoms with Gasteiger partial charge in [-0.25, -0.2) is 8.78 Å². The number of hydrogen-bond acceptors (Lipinski definition) is 3. The molecule has 0 saturated carbocycles. The van der Waals surface area contributed by atoms with Gasteiger partial charge in [0, 0.05) is 24.2 Å². The van der Waals surface area contributed by atoms with Gasteiger partial charge in [0.25, 0.3) is 0 Å². The van der Waals surface area contributed by atoms with Crippen molar-refractivity contribution in [3.63, 3.8) is 0 Å². The van der Waals surface area contributed by atoms with E-state index in [0.29, 0.717) is 12.2 Å². The van der Waals surface area contributed by atoms with Crippen molar-refractivity contribution in [3.05, 3.63) is 35.4 Å². The van der Waals surface area contributed by atoms with Gasteiger partial charge in [-0.15, -0.1) is 0 Å². The Morgan fingerprint density at radius 1 is 1.47 bits per heavy atom. The van der Waals surface area contributed by atoms with E-state index in [2.05, 4.69) is 0 Å². The second-order valence-corrected chi connectivity index (χ2v) is 4.70. The van der Waals surface area contributed by atoms with Crippen molar-refractivity contribution < 1.29 is 23.4 Å². The fraction of sp³-hybridized carbons (Fsp3) is 0.462. The molecule has 0 aliphatic carbocycles. The summed E-state index contributed by atoms with van der Waals surface area (Å²) in [5.41, 5.74) is 0.333. The molecule has 1 fully saturated rings. The van der Waals surface area contributed by atoms with E-state index in [4.69, 9.17) is 9.84 Å². The molecule has 0 radical (unpaired) electrons. The molecule has 0 bridgehead atoms. The van der Waals surface area contributed by atoms with E-state index in [1.165, 1.54) is 12.1 Å². The number of likely N-dealkylation sites (N-methyl/N-ethyl adjacent to an activating group) is 1. The molecule has 4 nitrogen and oxygen atoms in total. The van der Waals surface area contributed by atoms with Gasteiger partial charge < -0.3 is 9.84 Å². The molecule has 6 heteroatoms. The number of aliphatic carboxylic acids is 1. The third-order valence-corrected chi connectivity index (χ3v) is 3.37. The first-order valence-corrected chi connectivity index (χ1v) is 5.93. The summed E-state index contributed by atoms with van der Waals surface area (Å²) in [5.74, 6) is -2.79. The van der Waals surface area contributed by atoms with Gasteiger partial charge in [-0.2, -0.15) is 0 Å². The molecule has 1 saturated heterocycles. The average Bonchev–Trinajstić information content (AvgIpc) is 2.82. The van der Waals surface area contributed by atoms with Gasteiger partial charge in [0.2, 0.25) is 0 Å². The van der Waals surface area contributed by atoms with Crippen molar-refractivity contribution in [1.29, 1.82) is 0 Å². The SMILES string of the molecule is CN(Cc1ccc(F)cc1F)C1COCC1C(=O)O. The largest absolute Gasteiger partial charge is 0.481 e. The first-order valence-electron chi connectivity index (χ1n) is 5.93. The third-order valence-electron chi connectivity index (χ3n) is 3.37. The maximum absolute atomic E-state index is 13.5. The molecule has 1 aliphatic rings. The molecule has 0 aromatic heterocycles. The zero-order chi connectivity index (χ0) is 14.0. The van der Waals surface area contributed by atoms with Gasteiger partial charge in [0.05, 0.1) is 19.1 Å². The van der Waals surface area contributed by atoms with Crippen LogP contribution in [0.1, 0.15) is 5.56 Å². The van der Waals surface area contributed by atoms with Crippen LogP contribution in [0.15, 0.2) is 18.2 Å². The van der Waals surface area contributed by atoms with Gasteiger partial charge in [-0.3, -0.25) is 9.69 Å². The Morgan fingerprint density at radius 2 is 2.21 bits per heavy atom. The van der Waals surface area contributed by atoms with E-state index in [1.807, 2.05) is 0 Å². The summed E-state index contributed by atoms with van der Waals surface area (Å²) in [5, 5.41) is 9.06. The van der Waals surface area contributed by atoms with Crippen LogP contribution in [0.5, 0.6) is 0 Å². The van der Waals surface area contributed by atoms with E-state index in [0.717, 1.165) is 6.07 Å². The normalized spacial score (nSPS) is 22.9. The summed E-state index contributed by atoms with van der Waals surface area (Å²) in [4.78, 5) is 12.8. The Morgan fingerprint density at radius 3 is 2.84 bits per heavy atom. The highest BCUT2D eigenvalue weighted by atomic mass is 19.1. The molecule has 1 N–H and O–H groups in total. The first-order chi connectivity index (χ1) is 8.99. The van der Waals surface area contributed by atoms with Gasteiger partial charge in [0.15, 0.2) is 0 Å². The van der Waals surface area contributed by atoms with Crippen molar-refractivity contribution in [2.75, 3.05) is 20.3 Å². The predicted octanol–water partition coefficient (Wildman–Crippen LogP) is 1.50. The van der Waals surface area contributed by atoms with Crippen LogP contribution in [-0.2, 0) is 16.1 Å². The lowest BCUT2D eigenvalue weighted by atomic mass is 10.0. The van der Waals surface area contributed by atoms with Crippen LogP contribution in [0, 0.1) is 17.6 Å². The number of halogens is 2. The standard InChI is InChI=1S/C13H15F2NO3/c1-16(12-7-19-6-10(12)13(17)18)5-8-2-3-9(14)4-11(8)15/h2-4,10,12H,5-7H2,1H3,(H,17,18). The minimum absolute atomic E-state index is 0.163.